The Morgan fingerprint density at radius 3 is 2.68 bits per heavy atom. The van der Waals surface area contributed by atoms with Crippen molar-refractivity contribution in [1.29, 1.82) is 0 Å². The first kappa shape index (κ1) is 15.7. The van der Waals surface area contributed by atoms with E-state index in [9.17, 15) is 4.79 Å². The Balaban J connectivity index is 0.00000180. The molecule has 0 bridgehead atoms. The van der Waals surface area contributed by atoms with Crippen LogP contribution in [0.1, 0.15) is 15.9 Å². The van der Waals surface area contributed by atoms with Gasteiger partial charge in [-0.15, -0.1) is 12.4 Å². The third kappa shape index (κ3) is 4.35. The number of hydrogen-bond donors (Lipinski definition) is 1. The lowest BCUT2D eigenvalue weighted by molar-refractivity contribution is 0.0950. The third-order valence-electron chi connectivity index (χ3n) is 2.24. The normalized spacial score (nSPS) is 9.58. The van der Waals surface area contributed by atoms with Crippen molar-refractivity contribution in [2.45, 2.75) is 6.54 Å². The Labute approximate surface area is 126 Å². The van der Waals surface area contributed by atoms with E-state index < -0.39 is 0 Å². The van der Waals surface area contributed by atoms with E-state index in [1.807, 2.05) is 6.07 Å². The van der Waals surface area contributed by atoms with Gasteiger partial charge >= 0.3 is 0 Å². The molecule has 2 aromatic rings. The lowest BCUT2D eigenvalue weighted by atomic mass is 10.2. The SMILES string of the molecule is Cl.O=C(NCc1cccnc1)c1ccc(Cl)nc1Cl. The summed E-state index contributed by atoms with van der Waals surface area (Å²) in [4.78, 5) is 19.6. The van der Waals surface area contributed by atoms with E-state index in [4.69, 9.17) is 23.2 Å². The van der Waals surface area contributed by atoms with Gasteiger partial charge in [-0.2, -0.15) is 0 Å². The van der Waals surface area contributed by atoms with Crippen LogP contribution in [-0.4, -0.2) is 15.9 Å². The van der Waals surface area contributed by atoms with Crippen LogP contribution in [0.15, 0.2) is 36.7 Å². The van der Waals surface area contributed by atoms with Crippen LogP contribution in [0.2, 0.25) is 10.3 Å². The maximum Gasteiger partial charge on any atom is 0.254 e. The number of hydrogen-bond acceptors (Lipinski definition) is 3. The van der Waals surface area contributed by atoms with Crippen LogP contribution in [0.4, 0.5) is 0 Å². The molecular formula is C12H10Cl3N3O. The summed E-state index contributed by atoms with van der Waals surface area (Å²) in [5.41, 5.74) is 1.20. The Morgan fingerprint density at radius 1 is 1.26 bits per heavy atom. The van der Waals surface area contributed by atoms with Gasteiger partial charge in [0.05, 0.1) is 5.56 Å². The first-order valence-electron chi connectivity index (χ1n) is 5.16. The molecule has 0 unspecified atom stereocenters. The molecule has 1 amide bonds. The summed E-state index contributed by atoms with van der Waals surface area (Å²) < 4.78 is 0. The van der Waals surface area contributed by atoms with E-state index >= 15 is 0 Å². The molecule has 1 N–H and O–H groups in total. The first-order valence-corrected chi connectivity index (χ1v) is 5.91. The lowest BCUT2D eigenvalue weighted by Crippen LogP contribution is -2.23. The quantitative estimate of drug-likeness (QED) is 0.885. The highest BCUT2D eigenvalue weighted by molar-refractivity contribution is 6.34. The molecule has 7 heteroatoms. The van der Waals surface area contributed by atoms with Gasteiger partial charge in [0.25, 0.3) is 5.91 Å². The van der Waals surface area contributed by atoms with Crippen molar-refractivity contribution in [3.05, 3.63) is 58.1 Å². The van der Waals surface area contributed by atoms with E-state index in [0.717, 1.165) is 5.56 Å². The summed E-state index contributed by atoms with van der Waals surface area (Å²) in [7, 11) is 0. The molecule has 0 aromatic carbocycles. The lowest BCUT2D eigenvalue weighted by Gasteiger charge is -2.06. The zero-order valence-electron chi connectivity index (χ0n) is 9.64. The predicted molar refractivity (Wildman–Crippen MR) is 76.9 cm³/mol. The van der Waals surface area contributed by atoms with Gasteiger partial charge in [0.1, 0.15) is 10.3 Å². The van der Waals surface area contributed by atoms with Gasteiger partial charge in [-0.1, -0.05) is 29.3 Å². The molecule has 0 saturated heterocycles. The Bertz CT molecular complexity index is 563. The molecule has 2 aromatic heterocycles. The van der Waals surface area contributed by atoms with Crippen LogP contribution in [0, 0.1) is 0 Å². The largest absolute Gasteiger partial charge is 0.348 e. The van der Waals surface area contributed by atoms with E-state index in [1.54, 1.807) is 18.5 Å². The summed E-state index contributed by atoms with van der Waals surface area (Å²) in [5, 5.41) is 3.07. The summed E-state index contributed by atoms with van der Waals surface area (Å²) in [5.74, 6) is -0.298. The zero-order valence-corrected chi connectivity index (χ0v) is 12.0. The van der Waals surface area contributed by atoms with Gasteiger partial charge < -0.3 is 5.32 Å². The maximum atomic E-state index is 11.9. The number of carbonyl (C=O) groups excluding carboxylic acids is 1. The number of amides is 1. The molecule has 100 valence electrons. The molecule has 0 aliphatic carbocycles. The van der Waals surface area contributed by atoms with E-state index in [1.165, 1.54) is 12.1 Å². The molecule has 0 saturated carbocycles. The number of nitrogens with one attached hydrogen (secondary N) is 1. The van der Waals surface area contributed by atoms with E-state index in [0.29, 0.717) is 12.1 Å². The second kappa shape index (κ2) is 7.28. The second-order valence-electron chi connectivity index (χ2n) is 3.52. The average molecular weight is 319 g/mol. The molecule has 4 nitrogen and oxygen atoms in total. The smallest absolute Gasteiger partial charge is 0.254 e. The monoisotopic (exact) mass is 317 g/mol. The Kier molecular flexibility index (Phi) is 6.02. The number of rotatable bonds is 3. The first-order chi connectivity index (χ1) is 8.66. The van der Waals surface area contributed by atoms with E-state index in [-0.39, 0.29) is 28.6 Å². The number of aromatic nitrogens is 2. The summed E-state index contributed by atoms with van der Waals surface area (Å²) in [6.45, 7) is 0.381. The Hall–Kier alpha value is -1.36. The maximum absolute atomic E-state index is 11.9. The average Bonchev–Trinajstić information content (AvgIpc) is 2.37. The van der Waals surface area contributed by atoms with Crippen molar-refractivity contribution in [3.63, 3.8) is 0 Å². The van der Waals surface area contributed by atoms with Crippen molar-refractivity contribution >= 4 is 41.5 Å². The van der Waals surface area contributed by atoms with Gasteiger partial charge in [-0.3, -0.25) is 9.78 Å². The molecule has 19 heavy (non-hydrogen) atoms. The highest BCUT2D eigenvalue weighted by Gasteiger charge is 2.11. The van der Waals surface area contributed by atoms with Gasteiger partial charge in [0.2, 0.25) is 0 Å². The molecule has 0 atom stereocenters. The molecule has 0 fully saturated rings. The molecule has 0 aliphatic heterocycles. The summed E-state index contributed by atoms with van der Waals surface area (Å²) >= 11 is 11.5. The Morgan fingerprint density at radius 2 is 2.05 bits per heavy atom. The number of nitrogens with zero attached hydrogens (tertiary/aromatic N) is 2. The second-order valence-corrected chi connectivity index (χ2v) is 4.26. The minimum Gasteiger partial charge on any atom is -0.348 e. The van der Waals surface area contributed by atoms with Gasteiger partial charge in [-0.05, 0) is 23.8 Å². The minimum absolute atomic E-state index is 0. The molecule has 2 heterocycles. The molecule has 0 spiro atoms. The molecule has 0 aliphatic rings. The van der Waals surface area contributed by atoms with Crippen LogP contribution in [0.5, 0.6) is 0 Å². The van der Waals surface area contributed by atoms with Gasteiger partial charge in [-0.25, -0.2) is 4.98 Å². The third-order valence-corrected chi connectivity index (χ3v) is 2.73. The number of halogens is 3. The van der Waals surface area contributed by atoms with Crippen LogP contribution in [-0.2, 0) is 6.54 Å². The van der Waals surface area contributed by atoms with E-state index in [2.05, 4.69) is 15.3 Å². The van der Waals surface area contributed by atoms with Crippen LogP contribution in [0.25, 0.3) is 0 Å². The fourth-order valence-corrected chi connectivity index (χ4v) is 1.79. The highest BCUT2D eigenvalue weighted by Crippen LogP contribution is 2.16. The summed E-state index contributed by atoms with van der Waals surface area (Å²) in [6.07, 6.45) is 3.35. The standard InChI is InChI=1S/C12H9Cl2N3O.ClH/c13-10-4-3-9(11(14)17-10)12(18)16-7-8-2-1-5-15-6-8;/h1-6H,7H2,(H,16,18);1H. The van der Waals surface area contributed by atoms with Crippen LogP contribution in [0.3, 0.4) is 0 Å². The zero-order chi connectivity index (χ0) is 13.0. The van der Waals surface area contributed by atoms with Gasteiger partial charge in [0.15, 0.2) is 0 Å². The van der Waals surface area contributed by atoms with Gasteiger partial charge in [0, 0.05) is 18.9 Å². The number of pyridine rings is 2. The van der Waals surface area contributed by atoms with Crippen molar-refractivity contribution in [3.8, 4) is 0 Å². The van der Waals surface area contributed by atoms with Crippen molar-refractivity contribution in [2.75, 3.05) is 0 Å². The molecule has 2 rings (SSSR count). The minimum atomic E-state index is -0.298. The van der Waals surface area contributed by atoms with Crippen LogP contribution >= 0.6 is 35.6 Å². The fraction of sp³-hybridized carbons (Fsp3) is 0.0833. The molecule has 0 radical (unpaired) electrons. The topological polar surface area (TPSA) is 54.9 Å². The predicted octanol–water partition coefficient (Wildman–Crippen LogP) is 3.14. The molecular weight excluding hydrogens is 309 g/mol. The summed E-state index contributed by atoms with van der Waals surface area (Å²) in [6, 6.07) is 6.73. The van der Waals surface area contributed by atoms with Crippen molar-refractivity contribution < 1.29 is 4.79 Å². The number of carbonyl (C=O) groups is 1. The fourth-order valence-electron chi connectivity index (χ4n) is 1.36. The highest BCUT2D eigenvalue weighted by atomic mass is 35.5. The van der Waals surface area contributed by atoms with Crippen molar-refractivity contribution in [1.82, 2.24) is 15.3 Å². The van der Waals surface area contributed by atoms with Crippen LogP contribution < -0.4 is 5.32 Å². The van der Waals surface area contributed by atoms with Crippen molar-refractivity contribution in [2.24, 2.45) is 0 Å².